The Labute approximate surface area is 109 Å². The van der Waals surface area contributed by atoms with Crippen LogP contribution in [-0.4, -0.2) is 21.5 Å². The molecule has 1 aliphatic rings. The molecular formula is C12H8ClN5. The zero-order valence-corrected chi connectivity index (χ0v) is 10.1. The summed E-state index contributed by atoms with van der Waals surface area (Å²) in [4.78, 5) is 14.5. The van der Waals surface area contributed by atoms with Gasteiger partial charge in [-0.2, -0.15) is 5.26 Å². The predicted octanol–water partition coefficient (Wildman–Crippen LogP) is 2.09. The lowest BCUT2D eigenvalue weighted by molar-refractivity contribution is 0.965. The van der Waals surface area contributed by atoms with Crippen molar-refractivity contribution in [3.8, 4) is 6.07 Å². The van der Waals surface area contributed by atoms with Gasteiger partial charge in [-0.05, 0) is 18.6 Å². The van der Waals surface area contributed by atoms with Crippen LogP contribution in [0.25, 0.3) is 0 Å². The van der Waals surface area contributed by atoms with Crippen molar-refractivity contribution in [1.82, 2.24) is 15.0 Å². The number of aromatic nitrogens is 3. The first-order chi connectivity index (χ1) is 8.79. The van der Waals surface area contributed by atoms with Gasteiger partial charge in [0.05, 0.1) is 5.56 Å². The number of pyridine rings is 1. The highest BCUT2D eigenvalue weighted by molar-refractivity contribution is 6.30. The standard InChI is InChI=1S/C12H8ClN5/c13-11-9-3-4-18(12(9)17-7-16-11)10-2-1-8(5-14)6-15-10/h1-2,6-7H,3-4H2. The molecule has 0 saturated heterocycles. The minimum atomic E-state index is 0.496. The lowest BCUT2D eigenvalue weighted by Crippen LogP contribution is -2.15. The van der Waals surface area contributed by atoms with Crippen LogP contribution in [0.4, 0.5) is 11.6 Å². The van der Waals surface area contributed by atoms with Gasteiger partial charge < -0.3 is 4.90 Å². The van der Waals surface area contributed by atoms with Crippen molar-refractivity contribution >= 4 is 23.2 Å². The summed E-state index contributed by atoms with van der Waals surface area (Å²) in [5, 5.41) is 9.24. The second-order valence-electron chi connectivity index (χ2n) is 3.89. The van der Waals surface area contributed by atoms with Crippen molar-refractivity contribution in [3.05, 3.63) is 40.9 Å². The maximum absolute atomic E-state index is 8.75. The highest BCUT2D eigenvalue weighted by Crippen LogP contribution is 2.34. The Kier molecular flexibility index (Phi) is 2.58. The van der Waals surface area contributed by atoms with Crippen molar-refractivity contribution in [2.45, 2.75) is 6.42 Å². The summed E-state index contributed by atoms with van der Waals surface area (Å²) < 4.78 is 0. The molecule has 3 heterocycles. The summed E-state index contributed by atoms with van der Waals surface area (Å²) in [6.07, 6.45) is 3.80. The molecule has 0 aliphatic carbocycles. The minimum Gasteiger partial charge on any atom is -0.310 e. The number of rotatable bonds is 1. The molecule has 2 aromatic heterocycles. The fraction of sp³-hybridized carbons (Fsp3) is 0.167. The largest absolute Gasteiger partial charge is 0.310 e. The van der Waals surface area contributed by atoms with Gasteiger partial charge in [0.1, 0.15) is 29.2 Å². The lowest BCUT2D eigenvalue weighted by atomic mass is 10.3. The Balaban J connectivity index is 2.01. The third kappa shape index (κ3) is 1.67. The van der Waals surface area contributed by atoms with Crippen molar-refractivity contribution in [2.24, 2.45) is 0 Å². The van der Waals surface area contributed by atoms with Crippen molar-refractivity contribution in [3.63, 3.8) is 0 Å². The molecular weight excluding hydrogens is 250 g/mol. The van der Waals surface area contributed by atoms with Gasteiger partial charge in [0.25, 0.3) is 0 Å². The molecule has 2 aromatic rings. The van der Waals surface area contributed by atoms with Crippen LogP contribution < -0.4 is 4.90 Å². The summed E-state index contributed by atoms with van der Waals surface area (Å²) in [6.45, 7) is 0.770. The number of anilines is 2. The van der Waals surface area contributed by atoms with E-state index in [4.69, 9.17) is 16.9 Å². The topological polar surface area (TPSA) is 65.7 Å². The zero-order chi connectivity index (χ0) is 12.5. The SMILES string of the molecule is N#Cc1ccc(N2CCc3c(Cl)ncnc32)nc1. The maximum Gasteiger partial charge on any atom is 0.142 e. The molecule has 0 bridgehead atoms. The van der Waals surface area contributed by atoms with E-state index in [0.29, 0.717) is 10.7 Å². The summed E-state index contributed by atoms with van der Waals surface area (Å²) in [7, 11) is 0. The van der Waals surface area contributed by atoms with E-state index >= 15 is 0 Å². The van der Waals surface area contributed by atoms with Gasteiger partial charge in [-0.1, -0.05) is 11.6 Å². The van der Waals surface area contributed by atoms with Crippen molar-refractivity contribution in [1.29, 1.82) is 5.26 Å². The Morgan fingerprint density at radius 2 is 2.17 bits per heavy atom. The molecule has 1 aliphatic heterocycles. The molecule has 0 unspecified atom stereocenters. The van der Waals surface area contributed by atoms with Crippen LogP contribution in [0.1, 0.15) is 11.1 Å². The average Bonchev–Trinajstić information content (AvgIpc) is 2.84. The number of nitriles is 1. The Morgan fingerprint density at radius 3 is 2.89 bits per heavy atom. The van der Waals surface area contributed by atoms with Gasteiger partial charge in [-0.25, -0.2) is 15.0 Å². The van der Waals surface area contributed by atoms with E-state index < -0.39 is 0 Å². The Hall–Kier alpha value is -2.19. The summed E-state index contributed by atoms with van der Waals surface area (Å²) >= 11 is 6.03. The van der Waals surface area contributed by atoms with Crippen LogP contribution in [0, 0.1) is 11.3 Å². The summed E-state index contributed by atoms with van der Waals surface area (Å²) in [5.74, 6) is 1.56. The van der Waals surface area contributed by atoms with E-state index in [2.05, 4.69) is 15.0 Å². The first-order valence-electron chi connectivity index (χ1n) is 5.42. The highest BCUT2D eigenvalue weighted by atomic mass is 35.5. The normalized spacial score (nSPS) is 13.2. The monoisotopic (exact) mass is 257 g/mol. The van der Waals surface area contributed by atoms with Gasteiger partial charge in [-0.15, -0.1) is 0 Å². The molecule has 5 nitrogen and oxygen atoms in total. The minimum absolute atomic E-state index is 0.496. The molecule has 6 heteroatoms. The van der Waals surface area contributed by atoms with Gasteiger partial charge in [0.15, 0.2) is 0 Å². The molecule has 0 radical (unpaired) electrons. The zero-order valence-electron chi connectivity index (χ0n) is 9.34. The molecule has 0 aromatic carbocycles. The molecule has 18 heavy (non-hydrogen) atoms. The fourth-order valence-electron chi connectivity index (χ4n) is 1.99. The van der Waals surface area contributed by atoms with E-state index in [-0.39, 0.29) is 0 Å². The lowest BCUT2D eigenvalue weighted by Gasteiger charge is -2.16. The van der Waals surface area contributed by atoms with Crippen LogP contribution in [0.15, 0.2) is 24.7 Å². The second-order valence-corrected chi connectivity index (χ2v) is 4.24. The van der Waals surface area contributed by atoms with Gasteiger partial charge in [-0.3, -0.25) is 0 Å². The quantitative estimate of drug-likeness (QED) is 0.732. The summed E-state index contributed by atoms with van der Waals surface area (Å²) in [6, 6.07) is 5.59. The first-order valence-corrected chi connectivity index (χ1v) is 5.80. The van der Waals surface area contributed by atoms with Gasteiger partial charge in [0, 0.05) is 18.3 Å². The first kappa shape index (κ1) is 10.9. The van der Waals surface area contributed by atoms with Gasteiger partial charge in [0.2, 0.25) is 0 Å². The molecule has 0 saturated carbocycles. The highest BCUT2D eigenvalue weighted by Gasteiger charge is 2.25. The van der Waals surface area contributed by atoms with Crippen LogP contribution in [0.2, 0.25) is 5.15 Å². The molecule has 88 valence electrons. The molecule has 0 fully saturated rings. The predicted molar refractivity (Wildman–Crippen MR) is 66.7 cm³/mol. The number of hydrogen-bond donors (Lipinski definition) is 0. The van der Waals surface area contributed by atoms with E-state index in [1.54, 1.807) is 12.3 Å². The van der Waals surface area contributed by atoms with E-state index in [9.17, 15) is 0 Å². The smallest absolute Gasteiger partial charge is 0.142 e. The Bertz CT molecular complexity index is 632. The maximum atomic E-state index is 8.75. The third-order valence-corrected chi connectivity index (χ3v) is 3.19. The Morgan fingerprint density at radius 1 is 1.28 bits per heavy atom. The molecule has 0 N–H and O–H groups in total. The van der Waals surface area contributed by atoms with E-state index in [1.165, 1.54) is 6.33 Å². The van der Waals surface area contributed by atoms with Crippen LogP contribution in [0.5, 0.6) is 0 Å². The van der Waals surface area contributed by atoms with Crippen molar-refractivity contribution < 1.29 is 0 Å². The number of fused-ring (bicyclic) bond motifs is 1. The third-order valence-electron chi connectivity index (χ3n) is 2.86. The molecule has 0 atom stereocenters. The van der Waals surface area contributed by atoms with E-state index in [1.807, 2.05) is 17.0 Å². The molecule has 0 spiro atoms. The van der Waals surface area contributed by atoms with Crippen LogP contribution in [0.3, 0.4) is 0 Å². The number of nitrogens with zero attached hydrogens (tertiary/aromatic N) is 5. The fourth-order valence-corrected chi connectivity index (χ4v) is 2.22. The van der Waals surface area contributed by atoms with Crippen molar-refractivity contribution in [2.75, 3.05) is 11.4 Å². The van der Waals surface area contributed by atoms with Crippen LogP contribution >= 0.6 is 11.6 Å². The number of halogens is 1. The number of hydrogen-bond acceptors (Lipinski definition) is 5. The average molecular weight is 258 g/mol. The molecule has 3 rings (SSSR count). The second kappa shape index (κ2) is 4.24. The van der Waals surface area contributed by atoms with E-state index in [0.717, 1.165) is 30.2 Å². The van der Waals surface area contributed by atoms with Gasteiger partial charge >= 0.3 is 0 Å². The van der Waals surface area contributed by atoms with Crippen LogP contribution in [-0.2, 0) is 6.42 Å². The molecule has 0 amide bonds. The summed E-state index contributed by atoms with van der Waals surface area (Å²) in [5.41, 5.74) is 1.49.